The van der Waals surface area contributed by atoms with Crippen LogP contribution < -0.4 is 22.8 Å². The minimum Gasteiger partial charge on any atom is -0.394 e. The van der Waals surface area contributed by atoms with E-state index in [1.54, 1.807) is 0 Å². The van der Waals surface area contributed by atoms with Gasteiger partial charge in [0.1, 0.15) is 12.3 Å². The molecule has 11 heteroatoms. The third-order valence-corrected chi connectivity index (χ3v) is 2.95. The smallest absolute Gasteiger partial charge is 0.345 e. The topological polar surface area (TPSA) is 176 Å². The summed E-state index contributed by atoms with van der Waals surface area (Å²) in [5.41, 5.74) is 1.76. The molecule has 20 heavy (non-hydrogen) atoms. The van der Waals surface area contributed by atoms with Crippen LogP contribution in [0.5, 0.6) is 0 Å². The third-order valence-electron chi connectivity index (χ3n) is 2.95. The van der Waals surface area contributed by atoms with E-state index in [-0.39, 0.29) is 11.0 Å². The number of nitrogens with one attached hydrogen (secondary N) is 2. The van der Waals surface area contributed by atoms with Crippen molar-refractivity contribution in [3.8, 4) is 0 Å². The molecule has 1 aliphatic rings. The Morgan fingerprint density at radius 1 is 1.45 bits per heavy atom. The largest absolute Gasteiger partial charge is 0.394 e. The second-order valence-electron chi connectivity index (χ2n) is 4.22. The quantitative estimate of drug-likeness (QED) is 0.272. The lowest BCUT2D eigenvalue weighted by Crippen LogP contribution is -2.54. The van der Waals surface area contributed by atoms with Gasteiger partial charge in [0.25, 0.3) is 0 Å². The van der Waals surface area contributed by atoms with E-state index < -0.39 is 48.1 Å². The molecule has 0 unspecified atom stereocenters. The molecule has 1 fully saturated rings. The molecule has 1 aromatic rings. The van der Waals surface area contributed by atoms with Crippen molar-refractivity contribution in [2.24, 2.45) is 5.73 Å². The van der Waals surface area contributed by atoms with Gasteiger partial charge in [0, 0.05) is 6.42 Å². The summed E-state index contributed by atoms with van der Waals surface area (Å²) in [6, 6.07) is 0. The van der Waals surface area contributed by atoms with Crippen LogP contribution in [0.1, 0.15) is 12.6 Å². The number of ether oxygens (including phenoxy) is 1. The second kappa shape index (κ2) is 5.03. The molecule has 0 saturated carbocycles. The lowest BCUT2D eigenvalue weighted by Gasteiger charge is -2.14. The number of nitrogens with two attached hydrogens (primary N) is 1. The summed E-state index contributed by atoms with van der Waals surface area (Å²) in [7, 11) is 0. The maximum atomic E-state index is 12.0. The molecule has 1 aromatic heterocycles. The van der Waals surface area contributed by atoms with Crippen molar-refractivity contribution >= 4 is 5.96 Å². The maximum absolute atomic E-state index is 12.0. The van der Waals surface area contributed by atoms with Crippen LogP contribution >= 0.6 is 0 Å². The fourth-order valence-corrected chi connectivity index (χ4v) is 1.99. The van der Waals surface area contributed by atoms with Crippen molar-refractivity contribution in [1.82, 2.24) is 14.1 Å². The first-order valence-electron chi connectivity index (χ1n) is 5.63. The molecular formula is C9H13N5O6. The van der Waals surface area contributed by atoms with Crippen molar-refractivity contribution in [1.29, 1.82) is 5.41 Å². The Kier molecular flexibility index (Phi) is 3.57. The molecular weight excluding hydrogens is 274 g/mol. The molecule has 2 heterocycles. The van der Waals surface area contributed by atoms with E-state index in [0.29, 0.717) is 4.57 Å². The van der Waals surface area contributed by atoms with Crippen LogP contribution in [0.4, 0.5) is 0 Å². The average Bonchev–Trinajstić information content (AvgIpc) is 2.68. The zero-order valence-corrected chi connectivity index (χ0v) is 10.1. The molecule has 110 valence electrons. The average molecular weight is 287 g/mol. The molecule has 1 saturated heterocycles. The van der Waals surface area contributed by atoms with Crippen LogP contribution in [0.25, 0.3) is 0 Å². The first kappa shape index (κ1) is 14.2. The SMILES string of the molecule is N=C(N)n1c(=O)[nH]c(=O)n([C@H]2C[C@H](O)[C@@H](CO)O2)c1=O. The molecule has 1 aliphatic heterocycles. The van der Waals surface area contributed by atoms with Gasteiger partial charge in [0.2, 0.25) is 5.96 Å². The molecule has 0 bridgehead atoms. The van der Waals surface area contributed by atoms with Gasteiger partial charge in [-0.25, -0.2) is 19.0 Å². The summed E-state index contributed by atoms with van der Waals surface area (Å²) in [5, 5.41) is 25.7. The van der Waals surface area contributed by atoms with Crippen LogP contribution in [-0.4, -0.2) is 49.1 Å². The summed E-state index contributed by atoms with van der Waals surface area (Å²) in [6.45, 7) is -0.489. The van der Waals surface area contributed by atoms with E-state index in [2.05, 4.69) is 0 Å². The van der Waals surface area contributed by atoms with Crippen LogP contribution in [0.3, 0.4) is 0 Å². The second-order valence-corrected chi connectivity index (χ2v) is 4.22. The van der Waals surface area contributed by atoms with Crippen molar-refractivity contribution in [3.63, 3.8) is 0 Å². The number of H-pyrrole nitrogens is 1. The predicted octanol–water partition coefficient (Wildman–Crippen LogP) is -3.92. The predicted molar refractivity (Wildman–Crippen MR) is 64.5 cm³/mol. The van der Waals surface area contributed by atoms with Gasteiger partial charge in [-0.05, 0) is 0 Å². The highest BCUT2D eigenvalue weighted by atomic mass is 16.5. The Labute approximate surface area is 110 Å². The van der Waals surface area contributed by atoms with Crippen molar-refractivity contribution in [2.75, 3.05) is 6.61 Å². The number of nitrogen functional groups attached to an aromatic ring is 1. The van der Waals surface area contributed by atoms with E-state index in [9.17, 15) is 19.5 Å². The molecule has 11 nitrogen and oxygen atoms in total. The lowest BCUT2D eigenvalue weighted by molar-refractivity contribution is -0.0476. The monoisotopic (exact) mass is 287 g/mol. The minimum atomic E-state index is -1.16. The van der Waals surface area contributed by atoms with E-state index in [4.69, 9.17) is 21.0 Å². The number of nitrogens with zero attached hydrogens (tertiary/aromatic N) is 2. The van der Waals surface area contributed by atoms with Crippen molar-refractivity contribution in [2.45, 2.75) is 24.9 Å². The molecule has 2 rings (SSSR count). The number of hydrogen-bond acceptors (Lipinski definition) is 7. The minimum absolute atomic E-state index is 0.121. The fraction of sp³-hybridized carbons (Fsp3) is 0.556. The zero-order valence-electron chi connectivity index (χ0n) is 10.1. The van der Waals surface area contributed by atoms with Gasteiger partial charge in [0.15, 0.2) is 0 Å². The number of rotatable bonds is 2. The Balaban J connectivity index is 2.57. The summed E-state index contributed by atoms with van der Waals surface area (Å²) < 4.78 is 5.94. The van der Waals surface area contributed by atoms with Crippen LogP contribution in [0, 0.1) is 5.41 Å². The maximum Gasteiger partial charge on any atom is 0.345 e. The first-order chi connectivity index (χ1) is 9.36. The molecule has 0 aromatic carbocycles. The summed E-state index contributed by atoms with van der Waals surface area (Å²) in [6.07, 6.45) is -3.28. The molecule has 0 amide bonds. The highest BCUT2D eigenvalue weighted by molar-refractivity contribution is 5.76. The highest BCUT2D eigenvalue weighted by Gasteiger charge is 2.36. The Morgan fingerprint density at radius 3 is 2.60 bits per heavy atom. The Hall–Kier alpha value is -2.24. The van der Waals surface area contributed by atoms with Crippen LogP contribution in [0.2, 0.25) is 0 Å². The summed E-state index contributed by atoms with van der Waals surface area (Å²) in [4.78, 5) is 36.9. The number of aliphatic hydroxyl groups excluding tert-OH is 2. The van der Waals surface area contributed by atoms with E-state index in [0.717, 1.165) is 0 Å². The van der Waals surface area contributed by atoms with Gasteiger partial charge in [0.05, 0.1) is 12.7 Å². The molecule has 3 atom stereocenters. The van der Waals surface area contributed by atoms with Crippen molar-refractivity contribution < 1.29 is 14.9 Å². The normalized spacial score (nSPS) is 25.8. The highest BCUT2D eigenvalue weighted by Crippen LogP contribution is 2.26. The Morgan fingerprint density at radius 2 is 2.10 bits per heavy atom. The third kappa shape index (κ3) is 2.17. The number of hydrogen-bond donors (Lipinski definition) is 5. The van der Waals surface area contributed by atoms with E-state index in [1.165, 1.54) is 0 Å². The fourth-order valence-electron chi connectivity index (χ4n) is 1.99. The van der Waals surface area contributed by atoms with Gasteiger partial charge in [-0.3, -0.25) is 10.4 Å². The van der Waals surface area contributed by atoms with E-state index >= 15 is 0 Å². The summed E-state index contributed by atoms with van der Waals surface area (Å²) >= 11 is 0. The first-order valence-corrected chi connectivity index (χ1v) is 5.63. The van der Waals surface area contributed by atoms with Gasteiger partial charge in [-0.15, -0.1) is 0 Å². The van der Waals surface area contributed by atoms with Gasteiger partial charge in [-0.2, -0.15) is 4.57 Å². The molecule has 0 spiro atoms. The van der Waals surface area contributed by atoms with Crippen LogP contribution in [0.15, 0.2) is 14.4 Å². The van der Waals surface area contributed by atoms with Crippen molar-refractivity contribution in [3.05, 3.63) is 31.5 Å². The van der Waals surface area contributed by atoms with Gasteiger partial charge in [-0.1, -0.05) is 0 Å². The summed E-state index contributed by atoms with van der Waals surface area (Å²) in [5.74, 6) is -0.859. The van der Waals surface area contributed by atoms with E-state index in [1.807, 2.05) is 4.98 Å². The zero-order chi connectivity index (χ0) is 15.0. The Bertz CT molecular complexity index is 702. The standard InChI is InChI=1S/C9H13N5O6/c10-6(11)14-8(18)12-7(17)13(9(14)19)5-1-3(16)4(2-15)20-5/h3-5,15-16H,1-2H2,(H3,10,11)(H,12,17,18)/t3-,4+,5+/m0/s1. The van der Waals surface area contributed by atoms with Gasteiger partial charge < -0.3 is 20.7 Å². The van der Waals surface area contributed by atoms with Crippen LogP contribution in [-0.2, 0) is 4.74 Å². The number of aromatic nitrogens is 3. The molecule has 0 aliphatic carbocycles. The molecule has 6 N–H and O–H groups in total. The molecule has 0 radical (unpaired) electrons. The number of aromatic amines is 1. The lowest BCUT2D eigenvalue weighted by atomic mass is 10.2. The van der Waals surface area contributed by atoms with Gasteiger partial charge >= 0.3 is 17.1 Å². The number of aliphatic hydroxyl groups is 2.